The van der Waals surface area contributed by atoms with E-state index in [9.17, 15) is 4.79 Å². The third kappa shape index (κ3) is 4.41. The number of halogens is 1. The van der Waals surface area contributed by atoms with Crippen molar-refractivity contribution in [3.63, 3.8) is 0 Å². The largest absolute Gasteiger partial charge is 0.325 e. The lowest BCUT2D eigenvalue weighted by Gasteiger charge is -2.21. The van der Waals surface area contributed by atoms with Gasteiger partial charge in [-0.25, -0.2) is 0 Å². The Balaban J connectivity index is 1.96. The molecule has 0 aromatic heterocycles. The Morgan fingerprint density at radius 3 is 2.29 bits per heavy atom. The van der Waals surface area contributed by atoms with Crippen LogP contribution in [0.1, 0.15) is 25.5 Å². The molecule has 2 rings (SSSR count). The van der Waals surface area contributed by atoms with Gasteiger partial charge in [0.2, 0.25) is 5.91 Å². The molecular formula is C17H19BrN2O. The van der Waals surface area contributed by atoms with Crippen LogP contribution in [0.5, 0.6) is 0 Å². The fourth-order valence-corrected chi connectivity index (χ4v) is 2.77. The minimum absolute atomic E-state index is 0.0416. The fourth-order valence-electron chi connectivity index (χ4n) is 2.14. The molecule has 0 aliphatic carbocycles. The Morgan fingerprint density at radius 2 is 1.62 bits per heavy atom. The van der Waals surface area contributed by atoms with Crippen LogP contribution in [0.4, 0.5) is 5.69 Å². The number of carbonyl (C=O) groups is 1. The zero-order valence-electron chi connectivity index (χ0n) is 12.1. The number of nitrogens with one attached hydrogen (secondary N) is 2. The first kappa shape index (κ1) is 15.7. The van der Waals surface area contributed by atoms with Crippen LogP contribution in [0.25, 0.3) is 0 Å². The highest BCUT2D eigenvalue weighted by atomic mass is 79.9. The summed E-state index contributed by atoms with van der Waals surface area (Å²) in [5.74, 6) is -0.0416. The summed E-state index contributed by atoms with van der Waals surface area (Å²) in [7, 11) is 0. The number of carbonyl (C=O) groups excluding carboxylic acids is 1. The molecule has 1 amide bonds. The molecule has 110 valence electrons. The molecule has 2 N–H and O–H groups in total. The van der Waals surface area contributed by atoms with E-state index in [0.717, 1.165) is 15.7 Å². The molecule has 2 aromatic rings. The van der Waals surface area contributed by atoms with Crippen LogP contribution in [0.15, 0.2) is 59.1 Å². The molecule has 0 bridgehead atoms. The Bertz CT molecular complexity index is 601. The number of anilines is 1. The van der Waals surface area contributed by atoms with Crippen molar-refractivity contribution < 1.29 is 4.79 Å². The second kappa shape index (κ2) is 7.38. The van der Waals surface area contributed by atoms with Crippen molar-refractivity contribution in [3.05, 3.63) is 64.6 Å². The van der Waals surface area contributed by atoms with Gasteiger partial charge in [-0.1, -0.05) is 52.3 Å². The van der Waals surface area contributed by atoms with Crippen LogP contribution in [0.2, 0.25) is 0 Å². The maximum atomic E-state index is 12.2. The first-order valence-electron chi connectivity index (χ1n) is 6.94. The average molecular weight is 347 g/mol. The lowest BCUT2D eigenvalue weighted by molar-refractivity contribution is -0.117. The first-order valence-corrected chi connectivity index (χ1v) is 7.73. The van der Waals surface area contributed by atoms with E-state index in [-0.39, 0.29) is 18.0 Å². The summed E-state index contributed by atoms with van der Waals surface area (Å²) in [5.41, 5.74) is 1.95. The van der Waals surface area contributed by atoms with Gasteiger partial charge in [-0.05, 0) is 37.6 Å². The Labute approximate surface area is 133 Å². The van der Waals surface area contributed by atoms with Gasteiger partial charge < -0.3 is 5.32 Å². The second-order valence-corrected chi connectivity index (χ2v) is 5.84. The molecule has 0 saturated carbocycles. The summed E-state index contributed by atoms with van der Waals surface area (Å²) in [6, 6.07) is 17.3. The molecule has 3 nitrogen and oxygen atoms in total. The lowest BCUT2D eigenvalue weighted by Crippen LogP contribution is -2.39. The molecule has 1 unspecified atom stereocenters. The summed E-state index contributed by atoms with van der Waals surface area (Å²) in [6.45, 7) is 3.91. The van der Waals surface area contributed by atoms with E-state index in [2.05, 4.69) is 26.6 Å². The quantitative estimate of drug-likeness (QED) is 0.854. The molecule has 0 fully saturated rings. The molecule has 0 spiro atoms. The summed E-state index contributed by atoms with van der Waals surface area (Å²) in [5, 5.41) is 6.21. The van der Waals surface area contributed by atoms with Gasteiger partial charge in [0.05, 0.1) is 6.04 Å². The van der Waals surface area contributed by atoms with E-state index < -0.39 is 0 Å². The van der Waals surface area contributed by atoms with E-state index in [1.807, 2.05) is 68.4 Å². The van der Waals surface area contributed by atoms with Crippen molar-refractivity contribution in [1.82, 2.24) is 5.32 Å². The van der Waals surface area contributed by atoms with Crippen molar-refractivity contribution in [3.8, 4) is 0 Å². The standard InChI is InChI=1S/C17H19BrN2O/c1-12(15-10-6-7-11-16(15)18)19-13(2)17(21)20-14-8-4-3-5-9-14/h3-13,19H,1-2H3,(H,20,21)/t12-,13?/m0/s1. The van der Waals surface area contributed by atoms with E-state index in [1.54, 1.807) is 0 Å². The van der Waals surface area contributed by atoms with E-state index in [0.29, 0.717) is 0 Å². The first-order chi connectivity index (χ1) is 10.1. The van der Waals surface area contributed by atoms with Crippen molar-refractivity contribution in [2.75, 3.05) is 5.32 Å². The molecule has 0 aliphatic heterocycles. The Hall–Kier alpha value is -1.65. The van der Waals surface area contributed by atoms with Crippen LogP contribution < -0.4 is 10.6 Å². The second-order valence-electron chi connectivity index (χ2n) is 4.99. The van der Waals surface area contributed by atoms with Gasteiger partial charge >= 0.3 is 0 Å². The molecule has 0 heterocycles. The minimum atomic E-state index is -0.285. The molecule has 2 aromatic carbocycles. The predicted octanol–water partition coefficient (Wildman–Crippen LogP) is 4.13. The average Bonchev–Trinajstić information content (AvgIpc) is 2.48. The SMILES string of the molecule is CC(N[C@@H](C)c1ccccc1Br)C(=O)Nc1ccccc1. The van der Waals surface area contributed by atoms with E-state index in [1.165, 1.54) is 0 Å². The highest BCUT2D eigenvalue weighted by Gasteiger charge is 2.17. The van der Waals surface area contributed by atoms with Crippen LogP contribution in [-0.2, 0) is 4.79 Å². The molecular weight excluding hydrogens is 328 g/mol. The highest BCUT2D eigenvalue weighted by Crippen LogP contribution is 2.23. The Morgan fingerprint density at radius 1 is 1.00 bits per heavy atom. The smallest absolute Gasteiger partial charge is 0.241 e. The molecule has 21 heavy (non-hydrogen) atoms. The van der Waals surface area contributed by atoms with Gasteiger partial charge in [0, 0.05) is 16.2 Å². The predicted molar refractivity (Wildman–Crippen MR) is 90.2 cm³/mol. The zero-order chi connectivity index (χ0) is 15.2. The number of hydrogen-bond donors (Lipinski definition) is 2. The van der Waals surface area contributed by atoms with Gasteiger partial charge in [-0.3, -0.25) is 10.1 Å². The summed E-state index contributed by atoms with van der Waals surface area (Å²) in [6.07, 6.45) is 0. The van der Waals surface area contributed by atoms with Crippen molar-refractivity contribution >= 4 is 27.5 Å². The number of benzene rings is 2. The lowest BCUT2D eigenvalue weighted by atomic mass is 10.1. The van der Waals surface area contributed by atoms with Crippen LogP contribution in [0.3, 0.4) is 0 Å². The van der Waals surface area contributed by atoms with Gasteiger partial charge in [-0.2, -0.15) is 0 Å². The van der Waals surface area contributed by atoms with Crippen molar-refractivity contribution in [2.45, 2.75) is 25.9 Å². The fraction of sp³-hybridized carbons (Fsp3) is 0.235. The normalized spacial score (nSPS) is 13.5. The molecule has 0 radical (unpaired) electrons. The van der Waals surface area contributed by atoms with Crippen LogP contribution in [0, 0.1) is 0 Å². The zero-order valence-corrected chi connectivity index (χ0v) is 13.7. The van der Waals surface area contributed by atoms with Gasteiger partial charge in [0.15, 0.2) is 0 Å². The molecule has 0 saturated heterocycles. The third-order valence-electron chi connectivity index (χ3n) is 3.31. The van der Waals surface area contributed by atoms with Gasteiger partial charge in [0.25, 0.3) is 0 Å². The van der Waals surface area contributed by atoms with Crippen molar-refractivity contribution in [2.24, 2.45) is 0 Å². The summed E-state index contributed by atoms with van der Waals surface area (Å²) >= 11 is 3.54. The number of para-hydroxylation sites is 1. The van der Waals surface area contributed by atoms with Crippen molar-refractivity contribution in [1.29, 1.82) is 0 Å². The maximum Gasteiger partial charge on any atom is 0.241 e. The minimum Gasteiger partial charge on any atom is -0.325 e. The molecule has 4 heteroatoms. The number of rotatable bonds is 5. The summed E-state index contributed by atoms with van der Waals surface area (Å²) < 4.78 is 1.04. The van der Waals surface area contributed by atoms with Gasteiger partial charge in [0.1, 0.15) is 0 Å². The summed E-state index contributed by atoms with van der Waals surface area (Å²) in [4.78, 5) is 12.2. The Kier molecular flexibility index (Phi) is 5.53. The molecule has 0 aliphatic rings. The highest BCUT2D eigenvalue weighted by molar-refractivity contribution is 9.10. The topological polar surface area (TPSA) is 41.1 Å². The molecule has 2 atom stereocenters. The monoisotopic (exact) mass is 346 g/mol. The third-order valence-corrected chi connectivity index (χ3v) is 4.03. The van der Waals surface area contributed by atoms with Gasteiger partial charge in [-0.15, -0.1) is 0 Å². The van der Waals surface area contributed by atoms with Crippen LogP contribution >= 0.6 is 15.9 Å². The van der Waals surface area contributed by atoms with Crippen LogP contribution in [-0.4, -0.2) is 11.9 Å². The number of amides is 1. The van der Waals surface area contributed by atoms with E-state index in [4.69, 9.17) is 0 Å². The van der Waals surface area contributed by atoms with E-state index >= 15 is 0 Å². The maximum absolute atomic E-state index is 12.2. The number of hydrogen-bond acceptors (Lipinski definition) is 2.